The normalized spacial score (nSPS) is 9.73. The zero-order chi connectivity index (χ0) is 8.10. The number of hydrogen-bond acceptors (Lipinski definition) is 4. The van der Waals surface area contributed by atoms with Crippen molar-refractivity contribution in [2.24, 2.45) is 5.16 Å². The Balaban J connectivity index is 3.03. The van der Waals surface area contributed by atoms with Crippen molar-refractivity contribution in [2.45, 2.75) is 0 Å². The summed E-state index contributed by atoms with van der Waals surface area (Å²) in [6, 6.07) is 5.04. The quantitative estimate of drug-likeness (QED) is 0.362. The Morgan fingerprint density at radius 2 is 2.55 bits per heavy atom. The molecule has 1 aromatic rings. The van der Waals surface area contributed by atoms with Gasteiger partial charge in [-0.2, -0.15) is 5.26 Å². The molecule has 0 aliphatic heterocycles. The van der Waals surface area contributed by atoms with Crippen molar-refractivity contribution < 1.29 is 5.21 Å². The molecular formula is C7H5N3O. The maximum Gasteiger partial charge on any atom is 0.141 e. The van der Waals surface area contributed by atoms with Crippen LogP contribution in [0.4, 0.5) is 0 Å². The Labute approximate surface area is 63.4 Å². The second-order valence-electron chi connectivity index (χ2n) is 1.83. The zero-order valence-electron chi connectivity index (χ0n) is 5.60. The van der Waals surface area contributed by atoms with Crippen LogP contribution in [0.3, 0.4) is 0 Å². The van der Waals surface area contributed by atoms with Crippen molar-refractivity contribution in [1.82, 2.24) is 4.98 Å². The molecule has 1 N–H and O–H groups in total. The number of oxime groups is 1. The molecule has 0 atom stereocenters. The van der Waals surface area contributed by atoms with Gasteiger partial charge in [0.15, 0.2) is 0 Å². The summed E-state index contributed by atoms with van der Waals surface area (Å²) in [5.41, 5.74) is 0.960. The Bertz CT molecular complexity index is 314. The lowest BCUT2D eigenvalue weighted by Gasteiger charge is -1.89. The van der Waals surface area contributed by atoms with E-state index in [0.717, 1.165) is 0 Å². The lowest BCUT2D eigenvalue weighted by molar-refractivity contribution is 0.322. The van der Waals surface area contributed by atoms with Gasteiger partial charge in [-0.15, -0.1) is 0 Å². The molecule has 0 radical (unpaired) electrons. The molecule has 0 spiro atoms. The summed E-state index contributed by atoms with van der Waals surface area (Å²) in [6.45, 7) is 0. The van der Waals surface area contributed by atoms with Gasteiger partial charge < -0.3 is 5.21 Å². The van der Waals surface area contributed by atoms with E-state index in [9.17, 15) is 0 Å². The van der Waals surface area contributed by atoms with Crippen LogP contribution in [-0.2, 0) is 0 Å². The summed E-state index contributed by atoms with van der Waals surface area (Å²) in [5, 5.41) is 19.4. The highest BCUT2D eigenvalue weighted by molar-refractivity contribution is 5.79. The van der Waals surface area contributed by atoms with E-state index in [2.05, 4.69) is 10.1 Å². The van der Waals surface area contributed by atoms with Crippen LogP contribution in [0.5, 0.6) is 0 Å². The third kappa shape index (κ3) is 1.76. The molecule has 1 aromatic heterocycles. The van der Waals surface area contributed by atoms with Gasteiger partial charge in [0.1, 0.15) is 11.8 Å². The van der Waals surface area contributed by atoms with Gasteiger partial charge in [0.25, 0.3) is 0 Å². The van der Waals surface area contributed by atoms with Crippen molar-refractivity contribution >= 4 is 6.21 Å². The van der Waals surface area contributed by atoms with E-state index in [4.69, 9.17) is 10.5 Å². The standard InChI is InChI=1S/C7H5N3O/c8-4-7-3-6(5-10-11)1-2-9-7/h1-3,5,11H. The second kappa shape index (κ2) is 3.32. The first-order valence-electron chi connectivity index (χ1n) is 2.90. The molecule has 4 nitrogen and oxygen atoms in total. The molecule has 54 valence electrons. The van der Waals surface area contributed by atoms with Crippen molar-refractivity contribution in [1.29, 1.82) is 5.26 Å². The predicted octanol–water partition coefficient (Wildman–Crippen LogP) is 0.761. The van der Waals surface area contributed by atoms with E-state index < -0.39 is 0 Å². The summed E-state index contributed by atoms with van der Waals surface area (Å²) in [6.07, 6.45) is 2.72. The topological polar surface area (TPSA) is 69.3 Å². The third-order valence-electron chi connectivity index (χ3n) is 1.11. The molecule has 1 heterocycles. The fourth-order valence-corrected chi connectivity index (χ4v) is 0.655. The Kier molecular flexibility index (Phi) is 2.18. The highest BCUT2D eigenvalue weighted by atomic mass is 16.4. The van der Waals surface area contributed by atoms with Gasteiger partial charge in [-0.05, 0) is 12.1 Å². The summed E-state index contributed by atoms with van der Waals surface area (Å²) in [7, 11) is 0. The largest absolute Gasteiger partial charge is 0.411 e. The number of nitrogens with zero attached hydrogens (tertiary/aromatic N) is 3. The van der Waals surface area contributed by atoms with Crippen molar-refractivity contribution in [3.8, 4) is 6.07 Å². The minimum absolute atomic E-state index is 0.308. The molecule has 1 rings (SSSR count). The monoisotopic (exact) mass is 147 g/mol. The van der Waals surface area contributed by atoms with Gasteiger partial charge in [0, 0.05) is 11.8 Å². The molecule has 0 bridgehead atoms. The first kappa shape index (κ1) is 7.22. The number of aromatic nitrogens is 1. The molecule has 0 aromatic carbocycles. The van der Waals surface area contributed by atoms with Crippen LogP contribution in [0.1, 0.15) is 11.3 Å². The van der Waals surface area contributed by atoms with Crippen LogP contribution in [0.25, 0.3) is 0 Å². The second-order valence-corrected chi connectivity index (χ2v) is 1.83. The summed E-state index contributed by atoms with van der Waals surface area (Å²) in [4.78, 5) is 3.74. The SMILES string of the molecule is N#Cc1cc(C=NO)ccn1. The maximum absolute atomic E-state index is 8.41. The van der Waals surface area contributed by atoms with Gasteiger partial charge in [0.2, 0.25) is 0 Å². The molecule has 0 unspecified atom stereocenters. The first-order valence-corrected chi connectivity index (χ1v) is 2.90. The lowest BCUT2D eigenvalue weighted by Crippen LogP contribution is -1.85. The summed E-state index contributed by atoms with van der Waals surface area (Å²) >= 11 is 0. The van der Waals surface area contributed by atoms with Crippen molar-refractivity contribution in [2.75, 3.05) is 0 Å². The van der Waals surface area contributed by atoms with E-state index in [1.54, 1.807) is 6.07 Å². The molecule has 0 fully saturated rings. The molecule has 4 heteroatoms. The molecule has 0 saturated carbocycles. The molecule has 0 amide bonds. The minimum Gasteiger partial charge on any atom is -0.411 e. The molecule has 0 aliphatic rings. The molecule has 0 saturated heterocycles. The van der Waals surface area contributed by atoms with E-state index in [0.29, 0.717) is 11.3 Å². The van der Waals surface area contributed by atoms with E-state index >= 15 is 0 Å². The Hall–Kier alpha value is -1.89. The van der Waals surface area contributed by atoms with Gasteiger partial charge in [-0.1, -0.05) is 5.16 Å². The van der Waals surface area contributed by atoms with Crippen molar-refractivity contribution in [3.05, 3.63) is 29.6 Å². The zero-order valence-corrected chi connectivity index (χ0v) is 5.60. The van der Waals surface area contributed by atoms with Crippen LogP contribution in [0, 0.1) is 11.3 Å². The molecule has 11 heavy (non-hydrogen) atoms. The van der Waals surface area contributed by atoms with Crippen LogP contribution in [0.15, 0.2) is 23.5 Å². The average Bonchev–Trinajstić information content (AvgIpc) is 2.06. The molecule has 0 aliphatic carbocycles. The summed E-state index contributed by atoms with van der Waals surface area (Å²) in [5.74, 6) is 0. The number of hydrogen-bond donors (Lipinski definition) is 1. The first-order chi connectivity index (χ1) is 5.36. The molecular weight excluding hydrogens is 142 g/mol. The van der Waals surface area contributed by atoms with Crippen molar-refractivity contribution in [3.63, 3.8) is 0 Å². The van der Waals surface area contributed by atoms with Gasteiger partial charge in [0.05, 0.1) is 6.21 Å². The van der Waals surface area contributed by atoms with Crippen LogP contribution in [0.2, 0.25) is 0 Å². The average molecular weight is 147 g/mol. The van der Waals surface area contributed by atoms with Gasteiger partial charge in [-0.25, -0.2) is 4.98 Å². The fourth-order valence-electron chi connectivity index (χ4n) is 0.655. The highest BCUT2D eigenvalue weighted by Gasteiger charge is 1.91. The van der Waals surface area contributed by atoms with Crippen LogP contribution < -0.4 is 0 Å². The maximum atomic E-state index is 8.41. The third-order valence-corrected chi connectivity index (χ3v) is 1.11. The highest BCUT2D eigenvalue weighted by Crippen LogP contribution is 1.96. The number of rotatable bonds is 1. The van der Waals surface area contributed by atoms with Gasteiger partial charge in [-0.3, -0.25) is 0 Å². The van der Waals surface area contributed by atoms with E-state index in [1.165, 1.54) is 18.5 Å². The van der Waals surface area contributed by atoms with Gasteiger partial charge >= 0.3 is 0 Å². The minimum atomic E-state index is 0.308. The smallest absolute Gasteiger partial charge is 0.141 e. The Morgan fingerprint density at radius 3 is 3.18 bits per heavy atom. The van der Waals surface area contributed by atoms with Crippen LogP contribution >= 0.6 is 0 Å². The lowest BCUT2D eigenvalue weighted by atomic mass is 10.2. The van der Waals surface area contributed by atoms with Crippen LogP contribution in [-0.4, -0.2) is 16.4 Å². The number of pyridine rings is 1. The predicted molar refractivity (Wildman–Crippen MR) is 38.3 cm³/mol. The van der Waals surface area contributed by atoms with E-state index in [1.807, 2.05) is 6.07 Å². The fraction of sp³-hybridized carbons (Fsp3) is 0. The van der Waals surface area contributed by atoms with E-state index in [-0.39, 0.29) is 0 Å². The number of nitriles is 1. The summed E-state index contributed by atoms with van der Waals surface area (Å²) < 4.78 is 0. The Morgan fingerprint density at radius 1 is 1.73 bits per heavy atom.